The SMILES string of the molecule is O=C([C]1[CH][CH][CH][CH]1)c1ccc(C(=O)[C]2[CH][CH][CH][CH]2)cc1.[C-]#[O+].[C-]#[O+].[C-]#[O+].[C-]#[O+].[C-]#[O+].[C-]#[O+].[Mo].[Mo].c1cc[c]([Sn]2[S][Sn]([c]3ccccc3)[S][Sn]([c]3ccccc3)([c]3ccccc3)[S]2)cc1. The molecule has 12 radical (unpaired) electrons. The van der Waals surface area contributed by atoms with Gasteiger partial charge in [-0.25, -0.2) is 0 Å². The topological polar surface area (TPSA) is 154 Å². The number of rotatable bonds is 8. The first kappa shape index (κ1) is 64.8. The van der Waals surface area contributed by atoms with Crippen LogP contribution in [0.25, 0.3) is 0 Å². The van der Waals surface area contributed by atoms with Crippen molar-refractivity contribution < 1.29 is 79.6 Å². The maximum absolute atomic E-state index is 12.1. The standard InChI is InChI=1S/C18H12O2.4C6H5.6CO.2Mo.3S.3Sn/c19-17(13-5-1-2-6-13)15-9-11-16(12-10-15)18(20)14-7-3-4-8-14;4*1-2-4-6-5-3-1;6*1-2;;;;;;;;/h1-12H;4*1-5H;;;;;;;;;;;;;;. The number of ketones is 2. The monoisotopic (exact) mass is 1390 g/mol. The van der Waals surface area contributed by atoms with Gasteiger partial charge in [0.05, 0.1) is 11.8 Å². The molecule has 3 fully saturated rings. The van der Waals surface area contributed by atoms with Crippen LogP contribution in [0.3, 0.4) is 0 Å². The molecule has 5 aromatic rings. The third-order valence-electron chi connectivity index (χ3n) is 8.24. The number of carbonyl (C=O) groups is 2. The number of hydrogen-bond donors (Lipinski definition) is 0. The minimum atomic E-state index is -2.93. The Labute approximate surface area is 427 Å². The van der Waals surface area contributed by atoms with E-state index in [1.165, 1.54) is 0 Å². The Kier molecular flexibility index (Phi) is 40.2. The minimum absolute atomic E-state index is 0. The Balaban J connectivity index is 0. The summed E-state index contributed by atoms with van der Waals surface area (Å²) in [7, 11) is 0. The van der Waals surface area contributed by atoms with Gasteiger partial charge in [-0.1, -0.05) is 24.3 Å². The average molecular weight is 1380 g/mol. The fourth-order valence-corrected chi connectivity index (χ4v) is 399. The fourth-order valence-electron chi connectivity index (χ4n) is 5.67. The molecule has 3 aliphatic rings. The first-order chi connectivity index (χ1) is 30.6. The molecule has 0 bridgehead atoms. The van der Waals surface area contributed by atoms with Crippen molar-refractivity contribution >= 4 is 93.9 Å². The van der Waals surface area contributed by atoms with Gasteiger partial charge in [0.15, 0.2) is 11.6 Å². The van der Waals surface area contributed by atoms with Gasteiger partial charge < -0.3 is 0 Å². The van der Waals surface area contributed by atoms with E-state index in [0.29, 0.717) is 23.0 Å². The van der Waals surface area contributed by atoms with Crippen LogP contribution in [0.4, 0.5) is 0 Å². The van der Waals surface area contributed by atoms with E-state index in [1.807, 2.05) is 25.7 Å². The molecule has 8 rings (SSSR count). The molecule has 314 valence electrons. The molecular weight excluding hydrogens is 1350 g/mol. The molecule has 0 unspecified atom stereocenters. The van der Waals surface area contributed by atoms with E-state index in [-0.39, 0.29) is 53.7 Å². The quantitative estimate of drug-likeness (QED) is 0.0718. The number of hydrogen-bond acceptors (Lipinski definition) is 5. The summed E-state index contributed by atoms with van der Waals surface area (Å²) in [4.78, 5) is 24.3. The van der Waals surface area contributed by atoms with Crippen LogP contribution in [-0.2, 0) is 70.0 Å². The molecule has 2 saturated carbocycles. The summed E-state index contributed by atoms with van der Waals surface area (Å²) in [5.74, 6) is 1.28. The van der Waals surface area contributed by atoms with Crippen molar-refractivity contribution in [3.63, 3.8) is 0 Å². The maximum atomic E-state index is 12.1. The molecule has 16 heteroatoms. The molecule has 2 aliphatic carbocycles. The summed E-state index contributed by atoms with van der Waals surface area (Å²) in [6.07, 6.45) is 22.0. The number of benzene rings is 5. The van der Waals surface area contributed by atoms with Crippen LogP contribution >= 0.6 is 18.4 Å². The number of Topliss-reactive ketones (excluding diaryl/α,β-unsaturated/α-hetero) is 2. The summed E-state index contributed by atoms with van der Waals surface area (Å²) < 4.78 is 51.7. The third kappa shape index (κ3) is 19.7. The van der Waals surface area contributed by atoms with Gasteiger partial charge in [0.2, 0.25) is 0 Å². The molecule has 1 saturated heterocycles. The van der Waals surface area contributed by atoms with E-state index < -0.39 is 49.6 Å². The van der Waals surface area contributed by atoms with E-state index in [2.05, 4.69) is 180 Å². The van der Waals surface area contributed by atoms with Gasteiger partial charge in [-0.3, -0.25) is 9.59 Å². The van der Waals surface area contributed by atoms with Crippen molar-refractivity contribution in [2.75, 3.05) is 0 Å². The number of carbonyl (C=O) groups excluding carboxylic acids is 2. The molecular formula is C48H32Mo2O8S3Sn3. The fraction of sp³-hybridized carbons (Fsp3) is 0. The summed E-state index contributed by atoms with van der Waals surface area (Å²) >= 11 is -6.72. The van der Waals surface area contributed by atoms with E-state index >= 15 is 0 Å². The summed E-state index contributed by atoms with van der Waals surface area (Å²) in [6.45, 7) is 27.0. The summed E-state index contributed by atoms with van der Waals surface area (Å²) in [6, 6.07) is 53.0. The Morgan fingerprint density at radius 1 is 0.391 bits per heavy atom. The first-order valence-corrected chi connectivity index (χ1v) is 46.6. The van der Waals surface area contributed by atoms with Crippen LogP contribution in [0.5, 0.6) is 0 Å². The predicted molar refractivity (Wildman–Crippen MR) is 244 cm³/mol. The van der Waals surface area contributed by atoms with Crippen LogP contribution in [0.2, 0.25) is 0 Å². The summed E-state index contributed by atoms with van der Waals surface area (Å²) in [5, 5.41) is 0. The zero-order chi connectivity index (χ0) is 46.2. The average Bonchev–Trinajstić information content (AvgIpc) is 4.15. The molecule has 5 aromatic carbocycles. The van der Waals surface area contributed by atoms with E-state index in [9.17, 15) is 9.59 Å². The Bertz CT molecular complexity index is 1970. The van der Waals surface area contributed by atoms with Crippen molar-refractivity contribution in [2.24, 2.45) is 0 Å². The van der Waals surface area contributed by atoms with Crippen molar-refractivity contribution in [3.05, 3.63) is 260 Å². The molecule has 1 aliphatic heterocycles. The van der Waals surface area contributed by atoms with Gasteiger partial charge in [-0.05, 0) is 51.4 Å². The molecule has 0 atom stereocenters. The first-order valence-electron chi connectivity index (χ1n) is 17.5. The molecule has 0 amide bonds. The zero-order valence-electron chi connectivity index (χ0n) is 33.3. The predicted octanol–water partition coefficient (Wildman–Crippen LogP) is 6.88. The summed E-state index contributed by atoms with van der Waals surface area (Å²) in [5.41, 5.74) is 1.19. The van der Waals surface area contributed by atoms with Crippen LogP contribution in [0.1, 0.15) is 20.7 Å². The molecule has 0 N–H and O–H groups in total. The second-order valence-electron chi connectivity index (χ2n) is 11.5. The van der Waals surface area contributed by atoms with Crippen LogP contribution in [-0.4, -0.2) is 61.2 Å². The second kappa shape index (κ2) is 39.7. The molecule has 64 heavy (non-hydrogen) atoms. The molecule has 0 aromatic heterocycles. The molecule has 0 spiro atoms. The van der Waals surface area contributed by atoms with Gasteiger partial charge in [0.25, 0.3) is 0 Å². The van der Waals surface area contributed by atoms with E-state index in [0.717, 1.165) is 0 Å². The third-order valence-corrected chi connectivity index (χ3v) is 187. The van der Waals surface area contributed by atoms with Crippen LogP contribution in [0, 0.1) is 103 Å². The van der Waals surface area contributed by atoms with Gasteiger partial charge in [0.1, 0.15) is 0 Å². The second-order valence-corrected chi connectivity index (χ2v) is 90.3. The van der Waals surface area contributed by atoms with Crippen LogP contribution in [0.15, 0.2) is 146 Å². The Hall–Kier alpha value is -1.30. The van der Waals surface area contributed by atoms with Gasteiger partial charge in [-0.15, -0.1) is 0 Å². The molecule has 8 nitrogen and oxygen atoms in total. The Morgan fingerprint density at radius 3 is 0.906 bits per heavy atom. The van der Waals surface area contributed by atoms with Crippen molar-refractivity contribution in [1.82, 2.24) is 0 Å². The van der Waals surface area contributed by atoms with Crippen molar-refractivity contribution in [3.8, 4) is 0 Å². The van der Waals surface area contributed by atoms with Gasteiger partial charge >= 0.3 is 271 Å². The van der Waals surface area contributed by atoms with Crippen LogP contribution < -0.4 is 14.3 Å². The van der Waals surface area contributed by atoms with E-state index in [1.54, 1.807) is 64.3 Å². The Morgan fingerprint density at radius 2 is 0.641 bits per heavy atom. The van der Waals surface area contributed by atoms with Gasteiger partial charge in [-0.2, -0.15) is 0 Å². The van der Waals surface area contributed by atoms with E-state index in [4.69, 9.17) is 27.9 Å². The van der Waals surface area contributed by atoms with Crippen molar-refractivity contribution in [1.29, 1.82) is 0 Å². The van der Waals surface area contributed by atoms with Crippen molar-refractivity contribution in [2.45, 2.75) is 0 Å². The zero-order valence-corrected chi connectivity index (χ0v) is 48.3. The molecule has 1 heterocycles. The normalized spacial score (nSPS) is 14.5. The van der Waals surface area contributed by atoms with Gasteiger partial charge in [0, 0.05) is 53.3 Å².